The minimum Gasteiger partial charge on any atom is -0.444 e. The van der Waals surface area contributed by atoms with E-state index in [9.17, 15) is 4.79 Å². The van der Waals surface area contributed by atoms with Gasteiger partial charge in [0.05, 0.1) is 24.2 Å². The van der Waals surface area contributed by atoms with Crippen LogP contribution in [0.5, 0.6) is 0 Å². The molecule has 0 aliphatic heterocycles. The molecule has 0 bridgehead atoms. The standard InChI is InChI=1S/C21H21N3O3S2/c1-13-14(2)29-19-17(13)20(25)24(9-10-26-3)21(23-19)28-12-16-11-27-18(22-16)15-7-5-4-6-8-15/h4-8,11H,9-10,12H2,1-3H3. The number of oxazole rings is 1. The molecule has 0 unspecified atom stereocenters. The molecule has 0 spiro atoms. The van der Waals surface area contributed by atoms with E-state index < -0.39 is 0 Å². The van der Waals surface area contributed by atoms with Gasteiger partial charge in [0, 0.05) is 23.3 Å². The first-order chi connectivity index (χ1) is 14.1. The minimum atomic E-state index is -0.0125. The van der Waals surface area contributed by atoms with Crippen molar-refractivity contribution < 1.29 is 9.15 Å². The van der Waals surface area contributed by atoms with Crippen molar-refractivity contribution in [3.63, 3.8) is 0 Å². The third-order valence-corrected chi connectivity index (χ3v) is 6.81. The Balaban J connectivity index is 1.63. The van der Waals surface area contributed by atoms with E-state index in [-0.39, 0.29) is 5.56 Å². The first-order valence-electron chi connectivity index (χ1n) is 9.20. The molecule has 0 saturated carbocycles. The highest BCUT2D eigenvalue weighted by molar-refractivity contribution is 7.98. The van der Waals surface area contributed by atoms with Crippen molar-refractivity contribution in [2.75, 3.05) is 13.7 Å². The van der Waals surface area contributed by atoms with Crippen molar-refractivity contribution in [2.45, 2.75) is 31.3 Å². The average molecular weight is 428 g/mol. The molecule has 4 aromatic rings. The lowest BCUT2D eigenvalue weighted by Crippen LogP contribution is -2.25. The van der Waals surface area contributed by atoms with Gasteiger partial charge in [-0.05, 0) is 31.5 Å². The Morgan fingerprint density at radius 3 is 2.76 bits per heavy atom. The van der Waals surface area contributed by atoms with E-state index in [2.05, 4.69) is 4.98 Å². The number of nitrogens with zero attached hydrogens (tertiary/aromatic N) is 3. The van der Waals surface area contributed by atoms with E-state index in [1.54, 1.807) is 29.3 Å². The third-order valence-electron chi connectivity index (χ3n) is 4.69. The van der Waals surface area contributed by atoms with Crippen molar-refractivity contribution in [1.29, 1.82) is 0 Å². The Morgan fingerprint density at radius 1 is 1.21 bits per heavy atom. The number of thioether (sulfide) groups is 1. The number of hydrogen-bond donors (Lipinski definition) is 0. The van der Waals surface area contributed by atoms with Crippen LogP contribution < -0.4 is 5.56 Å². The number of aryl methyl sites for hydroxylation is 2. The predicted molar refractivity (Wildman–Crippen MR) is 117 cm³/mol. The van der Waals surface area contributed by atoms with Gasteiger partial charge < -0.3 is 9.15 Å². The number of ether oxygens (including phenoxy) is 1. The van der Waals surface area contributed by atoms with Crippen LogP contribution in [0.2, 0.25) is 0 Å². The third kappa shape index (κ3) is 4.01. The summed E-state index contributed by atoms with van der Waals surface area (Å²) in [5.41, 5.74) is 2.74. The molecule has 8 heteroatoms. The SMILES string of the molecule is COCCn1c(SCc2coc(-c3ccccc3)n2)nc2sc(C)c(C)c2c1=O. The molecule has 150 valence electrons. The second-order valence-corrected chi connectivity index (χ2v) is 8.75. The van der Waals surface area contributed by atoms with Gasteiger partial charge >= 0.3 is 0 Å². The van der Waals surface area contributed by atoms with Gasteiger partial charge in [0.2, 0.25) is 5.89 Å². The Kier molecular flexibility index (Phi) is 5.84. The Hall–Kier alpha value is -2.42. The quantitative estimate of drug-likeness (QED) is 0.315. The predicted octanol–water partition coefficient (Wildman–Crippen LogP) is 4.67. The molecule has 3 aromatic heterocycles. The van der Waals surface area contributed by atoms with Crippen LogP contribution in [0.15, 0.2) is 51.0 Å². The lowest BCUT2D eigenvalue weighted by Gasteiger charge is -2.11. The molecule has 0 radical (unpaired) electrons. The zero-order valence-corrected chi connectivity index (χ0v) is 18.1. The van der Waals surface area contributed by atoms with Gasteiger partial charge in [-0.2, -0.15) is 0 Å². The van der Waals surface area contributed by atoms with Crippen LogP contribution in [0.1, 0.15) is 16.1 Å². The number of fused-ring (bicyclic) bond motifs is 1. The summed E-state index contributed by atoms with van der Waals surface area (Å²) in [5, 5.41) is 1.38. The topological polar surface area (TPSA) is 70.2 Å². The summed E-state index contributed by atoms with van der Waals surface area (Å²) in [7, 11) is 1.63. The largest absolute Gasteiger partial charge is 0.444 e. The van der Waals surface area contributed by atoms with Gasteiger partial charge in [-0.25, -0.2) is 9.97 Å². The van der Waals surface area contributed by atoms with Gasteiger partial charge in [0.25, 0.3) is 5.56 Å². The summed E-state index contributed by atoms with van der Waals surface area (Å²) in [5.74, 6) is 1.15. The maximum atomic E-state index is 13.1. The summed E-state index contributed by atoms with van der Waals surface area (Å²) in [6.45, 7) is 4.91. The smallest absolute Gasteiger partial charge is 0.263 e. The van der Waals surface area contributed by atoms with Crippen molar-refractivity contribution in [2.24, 2.45) is 0 Å². The highest BCUT2D eigenvalue weighted by Crippen LogP contribution is 2.29. The normalized spacial score (nSPS) is 11.4. The van der Waals surface area contributed by atoms with Crippen LogP contribution >= 0.6 is 23.1 Å². The zero-order valence-electron chi connectivity index (χ0n) is 16.5. The van der Waals surface area contributed by atoms with Crippen molar-refractivity contribution in [3.05, 3.63) is 63.1 Å². The fourth-order valence-electron chi connectivity index (χ4n) is 3.02. The summed E-state index contributed by atoms with van der Waals surface area (Å²) < 4.78 is 12.5. The van der Waals surface area contributed by atoms with Crippen LogP contribution in [-0.4, -0.2) is 28.3 Å². The lowest BCUT2D eigenvalue weighted by molar-refractivity contribution is 0.183. The number of aromatic nitrogens is 3. The summed E-state index contributed by atoms with van der Waals surface area (Å²) in [6.07, 6.45) is 1.66. The second-order valence-electron chi connectivity index (χ2n) is 6.61. The summed E-state index contributed by atoms with van der Waals surface area (Å²) in [4.78, 5) is 24.4. The number of methoxy groups -OCH3 is 1. The van der Waals surface area contributed by atoms with E-state index >= 15 is 0 Å². The maximum absolute atomic E-state index is 13.1. The molecule has 0 aliphatic rings. The molecular formula is C21H21N3O3S2. The van der Waals surface area contributed by atoms with E-state index in [1.165, 1.54) is 11.8 Å². The molecule has 0 amide bonds. The van der Waals surface area contributed by atoms with Crippen LogP contribution in [0.4, 0.5) is 0 Å². The van der Waals surface area contributed by atoms with Gasteiger partial charge in [0.1, 0.15) is 11.1 Å². The van der Waals surface area contributed by atoms with E-state index in [4.69, 9.17) is 14.1 Å². The molecule has 0 N–H and O–H groups in total. The van der Waals surface area contributed by atoms with Gasteiger partial charge in [0.15, 0.2) is 5.16 Å². The number of benzene rings is 1. The molecule has 6 nitrogen and oxygen atoms in total. The molecule has 3 heterocycles. The zero-order chi connectivity index (χ0) is 20.4. The maximum Gasteiger partial charge on any atom is 0.263 e. The molecule has 1 aromatic carbocycles. The van der Waals surface area contributed by atoms with E-state index in [0.29, 0.717) is 35.3 Å². The van der Waals surface area contributed by atoms with Crippen LogP contribution in [0.3, 0.4) is 0 Å². The fourth-order valence-corrected chi connectivity index (χ4v) is 5.00. The monoisotopic (exact) mass is 427 g/mol. The first kappa shape index (κ1) is 19.9. The first-order valence-corrected chi connectivity index (χ1v) is 11.0. The highest BCUT2D eigenvalue weighted by atomic mass is 32.2. The molecule has 29 heavy (non-hydrogen) atoms. The number of hydrogen-bond acceptors (Lipinski definition) is 7. The van der Waals surface area contributed by atoms with Crippen molar-refractivity contribution in [1.82, 2.24) is 14.5 Å². The Bertz CT molecular complexity index is 1200. The highest BCUT2D eigenvalue weighted by Gasteiger charge is 2.17. The summed E-state index contributed by atoms with van der Waals surface area (Å²) in [6, 6.07) is 9.78. The van der Waals surface area contributed by atoms with Crippen LogP contribution in [0, 0.1) is 13.8 Å². The van der Waals surface area contributed by atoms with E-state index in [0.717, 1.165) is 26.5 Å². The van der Waals surface area contributed by atoms with Crippen molar-refractivity contribution >= 4 is 33.3 Å². The van der Waals surface area contributed by atoms with E-state index in [1.807, 2.05) is 44.2 Å². The molecule has 4 rings (SSSR count). The van der Waals surface area contributed by atoms with Gasteiger partial charge in [-0.1, -0.05) is 30.0 Å². The van der Waals surface area contributed by atoms with Crippen molar-refractivity contribution in [3.8, 4) is 11.5 Å². The number of rotatable bonds is 7. The van der Waals surface area contributed by atoms with Gasteiger partial charge in [-0.3, -0.25) is 9.36 Å². The number of thiophene rings is 1. The molecule has 0 saturated heterocycles. The average Bonchev–Trinajstić information content (AvgIpc) is 3.31. The Labute approximate surface area is 176 Å². The lowest BCUT2D eigenvalue weighted by atomic mass is 10.2. The van der Waals surface area contributed by atoms with Crippen LogP contribution in [0.25, 0.3) is 21.7 Å². The molecule has 0 atom stereocenters. The van der Waals surface area contributed by atoms with Crippen LogP contribution in [-0.2, 0) is 17.0 Å². The minimum absolute atomic E-state index is 0.0125. The molecule has 0 aliphatic carbocycles. The molecular weight excluding hydrogens is 406 g/mol. The van der Waals surface area contributed by atoms with Gasteiger partial charge in [-0.15, -0.1) is 11.3 Å². The second kappa shape index (κ2) is 8.52. The molecule has 0 fully saturated rings. The fraction of sp³-hybridized carbons (Fsp3) is 0.286. The summed E-state index contributed by atoms with van der Waals surface area (Å²) >= 11 is 3.04. The Morgan fingerprint density at radius 2 is 2.00 bits per heavy atom.